The minimum Gasteiger partial charge on any atom is -0.481 e. The summed E-state index contributed by atoms with van der Waals surface area (Å²) in [6, 6.07) is 16.5. The quantitative estimate of drug-likeness (QED) is 0.564. The lowest BCUT2D eigenvalue weighted by atomic mass is 9.75. The van der Waals surface area contributed by atoms with Gasteiger partial charge < -0.3 is 9.15 Å². The van der Waals surface area contributed by atoms with Gasteiger partial charge in [0.1, 0.15) is 22.7 Å². The molecule has 5 rings (SSSR count). The zero-order valence-corrected chi connectivity index (χ0v) is 12.6. The van der Waals surface area contributed by atoms with E-state index in [9.17, 15) is 0 Å². The topological polar surface area (TPSA) is 22.4 Å². The van der Waals surface area contributed by atoms with Gasteiger partial charge in [0.05, 0.1) is 5.92 Å². The number of fused-ring (bicyclic) bond motifs is 6. The fourth-order valence-electron chi connectivity index (χ4n) is 3.82. The van der Waals surface area contributed by atoms with Crippen LogP contribution in [0.1, 0.15) is 36.7 Å². The molecule has 108 valence electrons. The molecule has 2 heteroatoms. The van der Waals surface area contributed by atoms with Gasteiger partial charge >= 0.3 is 0 Å². The molecule has 22 heavy (non-hydrogen) atoms. The lowest BCUT2D eigenvalue weighted by molar-refractivity contribution is 0.130. The van der Waals surface area contributed by atoms with Gasteiger partial charge in [0.2, 0.25) is 0 Å². The van der Waals surface area contributed by atoms with Gasteiger partial charge in [-0.25, -0.2) is 0 Å². The van der Waals surface area contributed by atoms with Crippen LogP contribution in [0.4, 0.5) is 0 Å². The van der Waals surface area contributed by atoms with Crippen LogP contribution < -0.4 is 4.74 Å². The van der Waals surface area contributed by atoms with Crippen LogP contribution >= 0.6 is 0 Å². The van der Waals surface area contributed by atoms with Gasteiger partial charge in [-0.15, -0.1) is 0 Å². The first-order valence-corrected chi connectivity index (χ1v) is 7.70. The van der Waals surface area contributed by atoms with Crippen molar-refractivity contribution in [3.8, 4) is 5.75 Å². The summed E-state index contributed by atoms with van der Waals surface area (Å²) in [5, 5.41) is 1.18. The van der Waals surface area contributed by atoms with Crippen LogP contribution in [0.5, 0.6) is 5.75 Å². The lowest BCUT2D eigenvalue weighted by Crippen LogP contribution is -2.37. The van der Waals surface area contributed by atoms with Crippen molar-refractivity contribution in [2.45, 2.75) is 25.4 Å². The van der Waals surface area contributed by atoms with Gasteiger partial charge in [0, 0.05) is 22.1 Å². The van der Waals surface area contributed by atoms with E-state index in [1.165, 1.54) is 22.1 Å². The summed E-state index contributed by atoms with van der Waals surface area (Å²) < 4.78 is 12.5. The van der Waals surface area contributed by atoms with Gasteiger partial charge in [-0.05, 0) is 25.1 Å². The van der Waals surface area contributed by atoms with Crippen molar-refractivity contribution in [1.29, 1.82) is 0 Å². The van der Waals surface area contributed by atoms with Crippen molar-refractivity contribution in [2.75, 3.05) is 0 Å². The first-order chi connectivity index (χ1) is 10.7. The van der Waals surface area contributed by atoms with Gasteiger partial charge in [-0.3, -0.25) is 0 Å². The fourth-order valence-corrected chi connectivity index (χ4v) is 3.82. The monoisotopic (exact) mass is 288 g/mol. The van der Waals surface area contributed by atoms with Crippen LogP contribution in [0.15, 0.2) is 52.9 Å². The molecule has 2 atom stereocenters. The molecule has 2 heterocycles. The van der Waals surface area contributed by atoms with Crippen LogP contribution in [0, 0.1) is 0 Å². The molecule has 0 spiro atoms. The molecule has 0 bridgehead atoms. The smallest absolute Gasteiger partial charge is 0.142 e. The number of para-hydroxylation sites is 2. The van der Waals surface area contributed by atoms with Gasteiger partial charge in [-0.1, -0.05) is 43.3 Å². The molecule has 1 aliphatic heterocycles. The van der Waals surface area contributed by atoms with Crippen molar-refractivity contribution < 1.29 is 9.15 Å². The van der Waals surface area contributed by atoms with E-state index in [1.54, 1.807) is 0 Å². The van der Waals surface area contributed by atoms with E-state index >= 15 is 0 Å². The highest BCUT2D eigenvalue weighted by atomic mass is 16.5. The molecule has 0 amide bonds. The van der Waals surface area contributed by atoms with Crippen molar-refractivity contribution in [2.24, 2.45) is 0 Å². The largest absolute Gasteiger partial charge is 0.481 e. The van der Waals surface area contributed by atoms with E-state index in [0.29, 0.717) is 0 Å². The zero-order valence-electron chi connectivity index (χ0n) is 12.6. The summed E-state index contributed by atoms with van der Waals surface area (Å²) in [6.07, 6.45) is 2.26. The van der Waals surface area contributed by atoms with Crippen molar-refractivity contribution in [3.63, 3.8) is 0 Å². The summed E-state index contributed by atoms with van der Waals surface area (Å²) in [5.41, 5.74) is 4.26. The fraction of sp³-hybridized carbons (Fsp3) is 0.200. The number of ether oxygens (including phenoxy) is 1. The van der Waals surface area contributed by atoms with E-state index in [2.05, 4.69) is 44.2 Å². The van der Waals surface area contributed by atoms with Crippen LogP contribution in [0.25, 0.3) is 22.6 Å². The Kier molecular flexibility index (Phi) is 2.11. The SMILES string of the molecule is CC1c2oc3ccccc3c2C=C2c3ccccc3O[C@]21C. The van der Waals surface area contributed by atoms with Crippen molar-refractivity contribution in [3.05, 3.63) is 65.4 Å². The molecule has 2 aromatic carbocycles. The second-order valence-electron chi connectivity index (χ2n) is 6.36. The van der Waals surface area contributed by atoms with Crippen LogP contribution in [0.2, 0.25) is 0 Å². The van der Waals surface area contributed by atoms with Crippen LogP contribution in [-0.4, -0.2) is 5.60 Å². The molecular formula is C20H16O2. The van der Waals surface area contributed by atoms with Crippen molar-refractivity contribution in [1.82, 2.24) is 0 Å². The number of hydrogen-bond acceptors (Lipinski definition) is 2. The highest BCUT2D eigenvalue weighted by molar-refractivity contribution is 6.00. The Balaban J connectivity index is 1.85. The van der Waals surface area contributed by atoms with E-state index in [-0.39, 0.29) is 11.5 Å². The molecule has 1 unspecified atom stereocenters. The highest BCUT2D eigenvalue weighted by Gasteiger charge is 2.49. The average Bonchev–Trinajstić information content (AvgIpc) is 3.04. The minimum absolute atomic E-state index is 0.169. The number of hydrogen-bond donors (Lipinski definition) is 0. The molecule has 1 aromatic heterocycles. The molecule has 2 nitrogen and oxygen atoms in total. The zero-order chi connectivity index (χ0) is 14.9. The molecule has 1 aliphatic carbocycles. The van der Waals surface area contributed by atoms with Crippen LogP contribution in [-0.2, 0) is 0 Å². The first kappa shape index (κ1) is 12.1. The second kappa shape index (κ2) is 3.83. The summed E-state index contributed by atoms with van der Waals surface area (Å²) in [4.78, 5) is 0. The van der Waals surface area contributed by atoms with Gasteiger partial charge in [-0.2, -0.15) is 0 Å². The molecule has 0 saturated carbocycles. The average molecular weight is 288 g/mol. The maximum atomic E-state index is 6.34. The molecule has 0 radical (unpaired) electrons. The van der Waals surface area contributed by atoms with Gasteiger partial charge in [0.15, 0.2) is 0 Å². The third kappa shape index (κ3) is 1.31. The third-order valence-electron chi connectivity index (χ3n) is 5.20. The second-order valence-corrected chi connectivity index (χ2v) is 6.36. The minimum atomic E-state index is -0.357. The summed E-state index contributed by atoms with van der Waals surface area (Å²) >= 11 is 0. The summed E-state index contributed by atoms with van der Waals surface area (Å²) in [7, 11) is 0. The molecule has 0 N–H and O–H groups in total. The van der Waals surface area contributed by atoms with Crippen molar-refractivity contribution >= 4 is 22.6 Å². The standard InChI is InChI=1S/C20H16O2/c1-12-19-15(13-7-3-5-9-17(13)21-19)11-16-14-8-4-6-10-18(14)22-20(12,16)2/h3-12H,1-2H3/t12?,20-/m0/s1. The Labute approximate surface area is 129 Å². The Hall–Kier alpha value is -2.48. The molecule has 3 aromatic rings. The maximum absolute atomic E-state index is 6.34. The highest BCUT2D eigenvalue weighted by Crippen LogP contribution is 2.55. The number of furan rings is 1. The van der Waals surface area contributed by atoms with Crippen LogP contribution in [0.3, 0.4) is 0 Å². The van der Waals surface area contributed by atoms with E-state index in [1.807, 2.05) is 24.3 Å². The maximum Gasteiger partial charge on any atom is 0.142 e. The van der Waals surface area contributed by atoms with E-state index in [0.717, 1.165) is 17.1 Å². The Morgan fingerprint density at radius 2 is 1.77 bits per heavy atom. The van der Waals surface area contributed by atoms with E-state index in [4.69, 9.17) is 9.15 Å². The third-order valence-corrected chi connectivity index (χ3v) is 5.20. The number of benzene rings is 2. The molecule has 0 fully saturated rings. The van der Waals surface area contributed by atoms with E-state index < -0.39 is 0 Å². The molecule has 2 aliphatic rings. The Morgan fingerprint density at radius 1 is 1.00 bits per heavy atom. The molecule has 0 saturated heterocycles. The summed E-state index contributed by atoms with van der Waals surface area (Å²) in [5.74, 6) is 2.17. The summed E-state index contributed by atoms with van der Waals surface area (Å²) in [6.45, 7) is 4.36. The Bertz CT molecular complexity index is 947. The van der Waals surface area contributed by atoms with Gasteiger partial charge in [0.25, 0.3) is 0 Å². The predicted octanol–water partition coefficient (Wildman–Crippen LogP) is 5.24. The lowest BCUT2D eigenvalue weighted by Gasteiger charge is -2.34. The normalized spacial score (nSPS) is 25.2. The predicted molar refractivity (Wildman–Crippen MR) is 88.0 cm³/mol. The first-order valence-electron chi connectivity index (χ1n) is 7.70. The number of rotatable bonds is 0. The molecular weight excluding hydrogens is 272 g/mol. The Morgan fingerprint density at radius 3 is 2.68 bits per heavy atom.